The van der Waals surface area contributed by atoms with Gasteiger partial charge >= 0.3 is 5.97 Å². The minimum atomic E-state index is -0.428. The summed E-state index contributed by atoms with van der Waals surface area (Å²) in [6.45, 7) is 7.70. The van der Waals surface area contributed by atoms with Gasteiger partial charge in [-0.25, -0.2) is 4.79 Å². The number of rotatable bonds is 6. The largest absolute Gasteiger partial charge is 0.459 e. The first-order valence-electron chi connectivity index (χ1n) is 9.18. The lowest BCUT2D eigenvalue weighted by Gasteiger charge is -2.11. The molecule has 6 heteroatoms. The van der Waals surface area contributed by atoms with E-state index < -0.39 is 5.97 Å². The van der Waals surface area contributed by atoms with Gasteiger partial charge in [0.2, 0.25) is 0 Å². The van der Waals surface area contributed by atoms with Crippen LogP contribution in [0.2, 0.25) is 0 Å². The van der Waals surface area contributed by atoms with Crippen molar-refractivity contribution in [1.82, 2.24) is 0 Å². The van der Waals surface area contributed by atoms with E-state index in [0.717, 1.165) is 28.0 Å². The monoisotopic (exact) mass is 413 g/mol. The number of benzene rings is 1. The normalized spacial score (nSPS) is 10.9. The number of carbonyl (C=O) groups is 2. The van der Waals surface area contributed by atoms with Gasteiger partial charge in [0.05, 0.1) is 11.0 Å². The standard InChI is InChI=1S/C22H23NO3S2/c1-5-16-10-11-18(28-16)20(24)23-21-19(22(25)26-13(2)3)17(12-27-21)15-8-6-14(4)7-9-15/h6-13H,5H2,1-4H3,(H,23,24). The first kappa shape index (κ1) is 20.3. The molecule has 2 aromatic heterocycles. The lowest BCUT2D eigenvalue weighted by atomic mass is 10.0. The van der Waals surface area contributed by atoms with E-state index in [1.807, 2.05) is 62.5 Å². The second-order valence-electron chi connectivity index (χ2n) is 6.75. The van der Waals surface area contributed by atoms with Crippen LogP contribution >= 0.6 is 22.7 Å². The fraction of sp³-hybridized carbons (Fsp3) is 0.273. The van der Waals surface area contributed by atoms with E-state index in [-0.39, 0.29) is 12.0 Å². The minimum absolute atomic E-state index is 0.208. The molecular weight excluding hydrogens is 390 g/mol. The van der Waals surface area contributed by atoms with Crippen molar-refractivity contribution in [3.05, 3.63) is 62.7 Å². The maximum absolute atomic E-state index is 12.8. The molecule has 0 atom stereocenters. The highest BCUT2D eigenvalue weighted by Crippen LogP contribution is 2.37. The fourth-order valence-electron chi connectivity index (χ4n) is 2.73. The number of amides is 1. The van der Waals surface area contributed by atoms with Crippen LogP contribution in [0.15, 0.2) is 41.8 Å². The van der Waals surface area contributed by atoms with Crippen LogP contribution < -0.4 is 5.32 Å². The summed E-state index contributed by atoms with van der Waals surface area (Å²) in [5.74, 6) is -0.636. The predicted octanol–water partition coefficient (Wildman–Crippen LogP) is 6.16. The van der Waals surface area contributed by atoms with Crippen LogP contribution in [0.3, 0.4) is 0 Å². The molecule has 146 valence electrons. The lowest BCUT2D eigenvalue weighted by molar-refractivity contribution is 0.0380. The van der Waals surface area contributed by atoms with E-state index in [1.54, 1.807) is 0 Å². The summed E-state index contributed by atoms with van der Waals surface area (Å²) in [5, 5.41) is 5.31. The van der Waals surface area contributed by atoms with Gasteiger partial charge in [-0.1, -0.05) is 36.8 Å². The predicted molar refractivity (Wildman–Crippen MR) is 117 cm³/mol. The number of hydrogen-bond donors (Lipinski definition) is 1. The highest BCUT2D eigenvalue weighted by atomic mass is 32.1. The molecule has 1 N–H and O–H groups in total. The van der Waals surface area contributed by atoms with E-state index in [4.69, 9.17) is 4.74 Å². The lowest BCUT2D eigenvalue weighted by Crippen LogP contribution is -2.16. The SMILES string of the molecule is CCc1ccc(C(=O)Nc2scc(-c3ccc(C)cc3)c2C(=O)OC(C)C)s1. The number of nitrogens with one attached hydrogen (secondary N) is 1. The maximum atomic E-state index is 12.8. The zero-order chi connectivity index (χ0) is 20.3. The van der Waals surface area contributed by atoms with Crippen LogP contribution in [0.25, 0.3) is 11.1 Å². The Hall–Kier alpha value is -2.44. The van der Waals surface area contributed by atoms with Gasteiger partial charge in [0.25, 0.3) is 5.91 Å². The van der Waals surface area contributed by atoms with Gasteiger partial charge in [-0.15, -0.1) is 22.7 Å². The first-order chi connectivity index (χ1) is 13.4. The first-order valence-corrected chi connectivity index (χ1v) is 10.9. The molecule has 0 spiro atoms. The molecule has 0 radical (unpaired) electrons. The Balaban J connectivity index is 1.96. The number of thiophene rings is 2. The van der Waals surface area contributed by atoms with Crippen molar-refractivity contribution >= 4 is 39.6 Å². The number of aryl methyl sites for hydroxylation is 2. The molecule has 0 fully saturated rings. The molecule has 28 heavy (non-hydrogen) atoms. The van der Waals surface area contributed by atoms with Crippen molar-refractivity contribution in [3.63, 3.8) is 0 Å². The molecule has 0 aliphatic heterocycles. The number of anilines is 1. The van der Waals surface area contributed by atoms with Gasteiger partial charge in [0.15, 0.2) is 0 Å². The third-order valence-electron chi connectivity index (χ3n) is 4.16. The topological polar surface area (TPSA) is 55.4 Å². The molecule has 0 aliphatic carbocycles. The van der Waals surface area contributed by atoms with Crippen LogP contribution in [0.1, 0.15) is 51.2 Å². The summed E-state index contributed by atoms with van der Waals surface area (Å²) >= 11 is 2.80. The van der Waals surface area contributed by atoms with Crippen LogP contribution in [0.5, 0.6) is 0 Å². The van der Waals surface area contributed by atoms with E-state index >= 15 is 0 Å². The van der Waals surface area contributed by atoms with Crippen molar-refractivity contribution in [3.8, 4) is 11.1 Å². The summed E-state index contributed by atoms with van der Waals surface area (Å²) in [7, 11) is 0. The Labute approximate surface area is 173 Å². The Morgan fingerprint density at radius 3 is 2.43 bits per heavy atom. The molecule has 0 saturated heterocycles. The van der Waals surface area contributed by atoms with E-state index in [2.05, 4.69) is 12.2 Å². The van der Waals surface area contributed by atoms with Gasteiger partial charge in [-0.2, -0.15) is 0 Å². The molecule has 0 unspecified atom stereocenters. The molecular formula is C22H23NO3S2. The van der Waals surface area contributed by atoms with Gasteiger partial charge in [0, 0.05) is 15.8 Å². The summed E-state index contributed by atoms with van der Waals surface area (Å²) in [6, 6.07) is 11.7. The number of ether oxygens (including phenoxy) is 1. The summed E-state index contributed by atoms with van der Waals surface area (Å²) in [5.41, 5.74) is 3.24. The molecule has 0 aliphatic rings. The van der Waals surface area contributed by atoms with E-state index in [9.17, 15) is 9.59 Å². The third-order valence-corrected chi connectivity index (χ3v) is 6.29. The highest BCUT2D eigenvalue weighted by Gasteiger charge is 2.24. The second-order valence-corrected chi connectivity index (χ2v) is 8.80. The summed E-state index contributed by atoms with van der Waals surface area (Å²) < 4.78 is 5.45. The average molecular weight is 414 g/mol. The van der Waals surface area contributed by atoms with Crippen molar-refractivity contribution in [2.45, 2.75) is 40.2 Å². The quantitative estimate of drug-likeness (QED) is 0.492. The molecule has 0 saturated carbocycles. The van der Waals surface area contributed by atoms with Gasteiger partial charge in [-0.05, 0) is 44.9 Å². The van der Waals surface area contributed by atoms with Gasteiger partial charge < -0.3 is 10.1 Å². The van der Waals surface area contributed by atoms with Crippen molar-refractivity contribution in [2.24, 2.45) is 0 Å². The van der Waals surface area contributed by atoms with Crippen molar-refractivity contribution in [2.75, 3.05) is 5.32 Å². The smallest absolute Gasteiger partial charge is 0.342 e. The van der Waals surface area contributed by atoms with Crippen LogP contribution in [-0.4, -0.2) is 18.0 Å². The minimum Gasteiger partial charge on any atom is -0.459 e. The molecule has 1 aromatic carbocycles. The maximum Gasteiger partial charge on any atom is 0.342 e. The Kier molecular flexibility index (Phi) is 6.31. The number of esters is 1. The van der Waals surface area contributed by atoms with Crippen molar-refractivity contribution in [1.29, 1.82) is 0 Å². The van der Waals surface area contributed by atoms with E-state index in [0.29, 0.717) is 15.4 Å². The fourth-order valence-corrected chi connectivity index (χ4v) is 4.52. The third kappa shape index (κ3) is 4.51. The molecule has 0 bridgehead atoms. The van der Waals surface area contributed by atoms with Crippen LogP contribution in [-0.2, 0) is 11.2 Å². The zero-order valence-electron chi connectivity index (χ0n) is 16.4. The molecule has 3 rings (SSSR count). The molecule has 1 amide bonds. The van der Waals surface area contributed by atoms with Crippen LogP contribution in [0.4, 0.5) is 5.00 Å². The number of carbonyl (C=O) groups excluding carboxylic acids is 2. The van der Waals surface area contributed by atoms with Gasteiger partial charge in [-0.3, -0.25) is 4.79 Å². The van der Waals surface area contributed by atoms with Crippen molar-refractivity contribution < 1.29 is 14.3 Å². The Morgan fingerprint density at radius 2 is 1.82 bits per heavy atom. The summed E-state index contributed by atoms with van der Waals surface area (Å²) in [4.78, 5) is 27.3. The average Bonchev–Trinajstić information content (AvgIpc) is 3.29. The molecule has 3 aromatic rings. The van der Waals surface area contributed by atoms with Crippen LogP contribution in [0, 0.1) is 6.92 Å². The molecule has 2 heterocycles. The second kappa shape index (κ2) is 8.71. The Bertz CT molecular complexity index is 984. The number of hydrogen-bond acceptors (Lipinski definition) is 5. The van der Waals surface area contributed by atoms with Gasteiger partial charge in [0.1, 0.15) is 10.6 Å². The van der Waals surface area contributed by atoms with E-state index in [1.165, 1.54) is 22.7 Å². The highest BCUT2D eigenvalue weighted by molar-refractivity contribution is 7.16. The zero-order valence-corrected chi connectivity index (χ0v) is 18.0. The molecule has 4 nitrogen and oxygen atoms in total. The Morgan fingerprint density at radius 1 is 1.11 bits per heavy atom. The summed E-state index contributed by atoms with van der Waals surface area (Å²) in [6.07, 6.45) is 0.645.